The summed E-state index contributed by atoms with van der Waals surface area (Å²) in [6.07, 6.45) is 5.51. The fourth-order valence-electron chi connectivity index (χ4n) is 1.54. The second-order valence-electron chi connectivity index (χ2n) is 4.39. The van der Waals surface area contributed by atoms with E-state index >= 15 is 0 Å². The summed E-state index contributed by atoms with van der Waals surface area (Å²) >= 11 is 1.88. The van der Waals surface area contributed by atoms with Crippen LogP contribution in [0, 0.1) is 0 Å². The zero-order valence-electron chi connectivity index (χ0n) is 10.8. The third-order valence-corrected chi connectivity index (χ3v) is 4.30. The Balaban J connectivity index is 1.96. The Morgan fingerprint density at radius 1 is 1.39 bits per heavy atom. The summed E-state index contributed by atoms with van der Waals surface area (Å²) in [7, 11) is 0. The molecule has 0 aromatic carbocycles. The van der Waals surface area contributed by atoms with Crippen molar-refractivity contribution in [3.05, 3.63) is 0 Å². The molecule has 0 saturated heterocycles. The minimum atomic E-state index is 0.188. The van der Waals surface area contributed by atoms with Crippen LogP contribution in [0.4, 0.5) is 11.9 Å². The first-order valence-corrected chi connectivity index (χ1v) is 7.33. The highest BCUT2D eigenvalue weighted by atomic mass is 32.2. The first-order valence-electron chi connectivity index (χ1n) is 6.11. The van der Waals surface area contributed by atoms with Gasteiger partial charge in [0, 0.05) is 11.3 Å². The quantitative estimate of drug-likeness (QED) is 0.776. The lowest BCUT2D eigenvalue weighted by Gasteiger charge is -2.13. The molecule has 3 N–H and O–H groups in total. The molecule has 1 heterocycles. The van der Waals surface area contributed by atoms with Gasteiger partial charge in [0.25, 0.3) is 0 Å². The third kappa shape index (κ3) is 3.38. The monoisotopic (exact) mass is 269 g/mol. The van der Waals surface area contributed by atoms with E-state index in [2.05, 4.69) is 26.5 Å². The van der Waals surface area contributed by atoms with Gasteiger partial charge in [-0.25, -0.2) is 0 Å². The van der Waals surface area contributed by atoms with Crippen molar-refractivity contribution in [3.63, 3.8) is 0 Å². The molecule has 0 spiro atoms. The number of nitrogens with two attached hydrogens (primary N) is 1. The van der Waals surface area contributed by atoms with Crippen LogP contribution in [0.1, 0.15) is 26.2 Å². The zero-order chi connectivity index (χ0) is 13.0. The van der Waals surface area contributed by atoms with Crippen molar-refractivity contribution < 1.29 is 4.74 Å². The Bertz CT molecular complexity index is 410. The van der Waals surface area contributed by atoms with Crippen LogP contribution in [0.15, 0.2) is 0 Å². The van der Waals surface area contributed by atoms with Gasteiger partial charge in [-0.3, -0.25) is 0 Å². The van der Waals surface area contributed by atoms with E-state index < -0.39 is 0 Å². The summed E-state index contributed by atoms with van der Waals surface area (Å²) in [6, 6.07) is 0.292. The Labute approximate surface area is 111 Å². The maximum absolute atomic E-state index is 5.63. The number of hydrogen-bond acceptors (Lipinski definition) is 7. The largest absolute Gasteiger partial charge is 0.463 e. The second kappa shape index (κ2) is 5.60. The Hall–Kier alpha value is -1.24. The summed E-state index contributed by atoms with van der Waals surface area (Å²) in [4.78, 5) is 12.2. The van der Waals surface area contributed by atoms with E-state index in [0.717, 1.165) is 13.0 Å². The van der Waals surface area contributed by atoms with Gasteiger partial charge >= 0.3 is 6.01 Å². The van der Waals surface area contributed by atoms with Gasteiger partial charge in [-0.15, -0.1) is 0 Å². The molecule has 1 aromatic heterocycles. The number of hydrogen-bond donors (Lipinski definition) is 2. The van der Waals surface area contributed by atoms with Crippen LogP contribution < -0.4 is 15.8 Å². The molecule has 1 aliphatic rings. The van der Waals surface area contributed by atoms with Crippen LogP contribution >= 0.6 is 11.8 Å². The van der Waals surface area contributed by atoms with Gasteiger partial charge < -0.3 is 15.8 Å². The lowest BCUT2D eigenvalue weighted by atomic mass is 10.4. The van der Waals surface area contributed by atoms with Crippen molar-refractivity contribution in [2.75, 3.05) is 30.5 Å². The van der Waals surface area contributed by atoms with E-state index in [1.165, 1.54) is 12.8 Å². The van der Waals surface area contributed by atoms with E-state index in [0.29, 0.717) is 23.3 Å². The number of anilines is 2. The van der Waals surface area contributed by atoms with Crippen LogP contribution in [-0.2, 0) is 0 Å². The fraction of sp³-hybridized carbons (Fsp3) is 0.727. The lowest BCUT2D eigenvalue weighted by Crippen LogP contribution is -2.19. The molecule has 1 aromatic rings. The summed E-state index contributed by atoms with van der Waals surface area (Å²) in [5.74, 6) is 0.682. The van der Waals surface area contributed by atoms with E-state index in [1.54, 1.807) is 0 Å². The van der Waals surface area contributed by atoms with Gasteiger partial charge in [0.1, 0.15) is 0 Å². The molecule has 0 unspecified atom stereocenters. The lowest BCUT2D eigenvalue weighted by molar-refractivity contribution is 0.292. The predicted molar refractivity (Wildman–Crippen MR) is 74.0 cm³/mol. The minimum absolute atomic E-state index is 0.188. The van der Waals surface area contributed by atoms with Crippen LogP contribution in [-0.4, -0.2) is 39.1 Å². The molecule has 6 nitrogen and oxygen atoms in total. The van der Waals surface area contributed by atoms with Crippen molar-refractivity contribution in [2.24, 2.45) is 0 Å². The summed E-state index contributed by atoms with van der Waals surface area (Å²) in [5.41, 5.74) is 5.63. The van der Waals surface area contributed by atoms with Gasteiger partial charge in [-0.1, -0.05) is 6.92 Å². The fourth-order valence-corrected chi connectivity index (χ4v) is 2.27. The molecule has 2 rings (SSSR count). The van der Waals surface area contributed by atoms with Crippen molar-refractivity contribution in [1.82, 2.24) is 15.0 Å². The van der Waals surface area contributed by atoms with E-state index in [-0.39, 0.29) is 5.95 Å². The maximum atomic E-state index is 5.63. The minimum Gasteiger partial charge on any atom is -0.463 e. The van der Waals surface area contributed by atoms with E-state index in [4.69, 9.17) is 10.5 Å². The molecule has 0 bridgehead atoms. The average molecular weight is 269 g/mol. The first kappa shape index (κ1) is 13.2. The molecule has 18 heavy (non-hydrogen) atoms. The highest BCUT2D eigenvalue weighted by molar-refractivity contribution is 8.00. The molecule has 7 heteroatoms. The average Bonchev–Trinajstić information content (AvgIpc) is 3.14. The van der Waals surface area contributed by atoms with Crippen LogP contribution in [0.3, 0.4) is 0 Å². The highest BCUT2D eigenvalue weighted by Crippen LogP contribution is 2.46. The number of nitrogen functional groups attached to an aromatic ring is 1. The summed E-state index contributed by atoms with van der Waals surface area (Å²) in [5, 5.41) is 3.21. The van der Waals surface area contributed by atoms with Gasteiger partial charge in [0.2, 0.25) is 11.9 Å². The maximum Gasteiger partial charge on any atom is 0.323 e. The summed E-state index contributed by atoms with van der Waals surface area (Å²) in [6.45, 7) is 3.46. The molecule has 1 aliphatic carbocycles. The number of rotatable bonds is 7. The number of ether oxygens (including phenoxy) is 1. The molecule has 0 radical (unpaired) electrons. The predicted octanol–water partition coefficient (Wildman–Crippen LogP) is 1.55. The zero-order valence-corrected chi connectivity index (χ0v) is 11.6. The SMILES string of the molecule is CCCOc1nc(N)nc(NCC2(SC)CC2)n1. The molecule has 1 saturated carbocycles. The van der Waals surface area contributed by atoms with Crippen molar-refractivity contribution >= 4 is 23.7 Å². The van der Waals surface area contributed by atoms with Gasteiger partial charge in [0.15, 0.2) is 0 Å². The van der Waals surface area contributed by atoms with Crippen molar-refractivity contribution in [1.29, 1.82) is 0 Å². The molecular formula is C11H19N5OS. The molecule has 0 amide bonds. The molecule has 0 atom stereocenters. The van der Waals surface area contributed by atoms with Crippen LogP contribution in [0.2, 0.25) is 0 Å². The smallest absolute Gasteiger partial charge is 0.323 e. The number of aromatic nitrogens is 3. The standard InChI is InChI=1S/C11H19N5OS/c1-3-6-17-10-15-8(12)14-9(16-10)13-7-11(18-2)4-5-11/h3-7H2,1-2H3,(H3,12,13,14,15,16). The Morgan fingerprint density at radius 2 is 2.17 bits per heavy atom. The Kier molecular flexibility index (Phi) is 4.11. The van der Waals surface area contributed by atoms with Crippen LogP contribution in [0.25, 0.3) is 0 Å². The normalized spacial score (nSPS) is 16.3. The van der Waals surface area contributed by atoms with E-state index in [1.807, 2.05) is 18.7 Å². The molecule has 0 aliphatic heterocycles. The van der Waals surface area contributed by atoms with Crippen molar-refractivity contribution in [2.45, 2.75) is 30.9 Å². The van der Waals surface area contributed by atoms with Gasteiger partial charge in [0.05, 0.1) is 6.61 Å². The van der Waals surface area contributed by atoms with Crippen molar-refractivity contribution in [3.8, 4) is 6.01 Å². The van der Waals surface area contributed by atoms with Crippen LogP contribution in [0.5, 0.6) is 6.01 Å². The van der Waals surface area contributed by atoms with Gasteiger partial charge in [-0.2, -0.15) is 26.7 Å². The Morgan fingerprint density at radius 3 is 2.78 bits per heavy atom. The molecule has 1 fully saturated rings. The first-order chi connectivity index (χ1) is 8.67. The number of nitrogens with zero attached hydrogens (tertiary/aromatic N) is 3. The van der Waals surface area contributed by atoms with E-state index in [9.17, 15) is 0 Å². The third-order valence-electron chi connectivity index (χ3n) is 2.88. The number of nitrogens with one attached hydrogen (secondary N) is 1. The highest BCUT2D eigenvalue weighted by Gasteiger charge is 2.41. The molecule has 100 valence electrons. The second-order valence-corrected chi connectivity index (χ2v) is 5.66. The summed E-state index contributed by atoms with van der Waals surface area (Å²) < 4.78 is 5.72. The molecular weight excluding hydrogens is 250 g/mol. The number of thioether (sulfide) groups is 1. The topological polar surface area (TPSA) is 86.0 Å². The van der Waals surface area contributed by atoms with Gasteiger partial charge in [-0.05, 0) is 25.5 Å².